The van der Waals surface area contributed by atoms with E-state index >= 15 is 0 Å². The average molecular weight is 281 g/mol. The summed E-state index contributed by atoms with van der Waals surface area (Å²) in [6, 6.07) is 3.54. The largest absolute Gasteiger partial charge is 0.376 e. The molecule has 0 spiro atoms. The zero-order valence-corrected chi connectivity index (χ0v) is 12.0. The van der Waals surface area contributed by atoms with Crippen molar-refractivity contribution in [1.29, 1.82) is 0 Å². The molecular formula is C14H17ClN2O2. The van der Waals surface area contributed by atoms with Gasteiger partial charge in [-0.15, -0.1) is 12.4 Å². The van der Waals surface area contributed by atoms with Crippen LogP contribution in [-0.2, 0) is 0 Å². The van der Waals surface area contributed by atoms with E-state index < -0.39 is 10.9 Å². The van der Waals surface area contributed by atoms with Crippen molar-refractivity contribution in [2.24, 2.45) is 0 Å². The molecule has 0 radical (unpaired) electrons. The maximum Gasteiger partial charge on any atom is 0.250 e. The van der Waals surface area contributed by atoms with Crippen LogP contribution in [0.4, 0.5) is 5.69 Å². The van der Waals surface area contributed by atoms with Gasteiger partial charge in [0.15, 0.2) is 0 Å². The van der Waals surface area contributed by atoms with Gasteiger partial charge in [0.05, 0.1) is 11.3 Å². The summed E-state index contributed by atoms with van der Waals surface area (Å²) in [6.07, 6.45) is 4.09. The summed E-state index contributed by atoms with van der Waals surface area (Å²) in [5.41, 5.74) is 0.484. The summed E-state index contributed by atoms with van der Waals surface area (Å²) in [5.74, 6) is 0. The maximum absolute atomic E-state index is 11.7. The summed E-state index contributed by atoms with van der Waals surface area (Å²) < 4.78 is 0. The molecule has 0 saturated heterocycles. The van der Waals surface area contributed by atoms with E-state index in [1.54, 1.807) is 24.5 Å². The fourth-order valence-corrected chi connectivity index (χ4v) is 1.72. The standard InChI is InChI=1S/C14H16N2O2.ClH/c1-4-14(2,3)16-11-10(12(17)13(11)18)9-6-5-7-15-8-9;/h5-8,16H,4H2,1-3H3;1H. The smallest absolute Gasteiger partial charge is 0.250 e. The first-order valence-corrected chi connectivity index (χ1v) is 5.98. The average Bonchev–Trinajstić information content (AvgIpc) is 2.39. The molecule has 0 atom stereocenters. The number of hydrogen-bond donors (Lipinski definition) is 1. The highest BCUT2D eigenvalue weighted by molar-refractivity contribution is 5.85. The van der Waals surface area contributed by atoms with Crippen molar-refractivity contribution in [1.82, 2.24) is 4.98 Å². The van der Waals surface area contributed by atoms with E-state index in [9.17, 15) is 9.59 Å². The molecule has 0 aliphatic carbocycles. The molecule has 2 aromatic rings. The number of anilines is 1. The Balaban J connectivity index is 0.00000180. The van der Waals surface area contributed by atoms with Crippen LogP contribution in [0.3, 0.4) is 0 Å². The minimum absolute atomic E-state index is 0. The lowest BCUT2D eigenvalue weighted by molar-refractivity contribution is 0.546. The van der Waals surface area contributed by atoms with E-state index in [1.165, 1.54) is 0 Å². The number of aromatic nitrogens is 1. The molecule has 1 aromatic carbocycles. The lowest BCUT2D eigenvalue weighted by Gasteiger charge is -2.27. The quantitative estimate of drug-likeness (QED) is 0.874. The molecule has 4 nitrogen and oxygen atoms in total. The van der Waals surface area contributed by atoms with Gasteiger partial charge in [-0.25, -0.2) is 0 Å². The van der Waals surface area contributed by atoms with Crippen LogP contribution in [0.1, 0.15) is 27.2 Å². The third-order valence-corrected chi connectivity index (χ3v) is 3.21. The summed E-state index contributed by atoms with van der Waals surface area (Å²) >= 11 is 0. The van der Waals surface area contributed by atoms with Gasteiger partial charge < -0.3 is 5.32 Å². The van der Waals surface area contributed by atoms with Crippen molar-refractivity contribution >= 4 is 18.1 Å². The van der Waals surface area contributed by atoms with Crippen molar-refractivity contribution in [2.45, 2.75) is 32.7 Å². The highest BCUT2D eigenvalue weighted by Crippen LogP contribution is 2.25. The zero-order valence-electron chi connectivity index (χ0n) is 11.2. The summed E-state index contributed by atoms with van der Waals surface area (Å²) in [4.78, 5) is 27.3. The first kappa shape index (κ1) is 15.4. The number of hydrogen-bond acceptors (Lipinski definition) is 4. The third kappa shape index (κ3) is 2.84. The topological polar surface area (TPSA) is 59.1 Å². The summed E-state index contributed by atoms with van der Waals surface area (Å²) in [7, 11) is 0. The third-order valence-electron chi connectivity index (χ3n) is 3.21. The van der Waals surface area contributed by atoms with Crippen LogP contribution in [0.25, 0.3) is 11.1 Å². The van der Waals surface area contributed by atoms with E-state index in [0.717, 1.165) is 6.42 Å². The van der Waals surface area contributed by atoms with Gasteiger partial charge in [-0.05, 0) is 26.3 Å². The maximum atomic E-state index is 11.7. The Morgan fingerprint density at radius 1 is 1.26 bits per heavy atom. The van der Waals surface area contributed by atoms with Crippen LogP contribution in [0.15, 0.2) is 34.1 Å². The number of nitrogens with one attached hydrogen (secondary N) is 1. The molecule has 1 heterocycles. The molecule has 5 heteroatoms. The molecule has 1 N–H and O–H groups in total. The summed E-state index contributed by atoms with van der Waals surface area (Å²) in [5, 5.41) is 3.15. The molecule has 19 heavy (non-hydrogen) atoms. The first-order valence-electron chi connectivity index (χ1n) is 5.98. The van der Waals surface area contributed by atoms with Gasteiger partial charge >= 0.3 is 0 Å². The number of nitrogens with zero attached hydrogens (tertiary/aromatic N) is 1. The zero-order chi connectivity index (χ0) is 13.3. The second kappa shape index (κ2) is 5.53. The van der Waals surface area contributed by atoms with Crippen LogP contribution in [0.2, 0.25) is 0 Å². The Kier molecular flexibility index (Phi) is 4.48. The second-order valence-corrected chi connectivity index (χ2v) is 5.01. The molecule has 0 aliphatic rings. The van der Waals surface area contributed by atoms with Crippen molar-refractivity contribution < 1.29 is 0 Å². The van der Waals surface area contributed by atoms with Crippen molar-refractivity contribution in [2.75, 3.05) is 5.32 Å². The van der Waals surface area contributed by atoms with Gasteiger partial charge in [-0.2, -0.15) is 0 Å². The van der Waals surface area contributed by atoms with Gasteiger partial charge in [0.1, 0.15) is 0 Å². The van der Waals surface area contributed by atoms with E-state index in [-0.39, 0.29) is 17.9 Å². The van der Waals surface area contributed by atoms with Gasteiger partial charge in [0.2, 0.25) is 10.9 Å². The van der Waals surface area contributed by atoms with Gasteiger partial charge in [-0.1, -0.05) is 13.0 Å². The second-order valence-electron chi connectivity index (χ2n) is 5.01. The van der Waals surface area contributed by atoms with Gasteiger partial charge in [-0.3, -0.25) is 14.6 Å². The Hall–Kier alpha value is -1.68. The van der Waals surface area contributed by atoms with Crippen LogP contribution in [0.5, 0.6) is 0 Å². The lowest BCUT2D eigenvalue weighted by Crippen LogP contribution is -2.42. The number of rotatable bonds is 4. The summed E-state index contributed by atoms with van der Waals surface area (Å²) in [6.45, 7) is 6.02. The van der Waals surface area contributed by atoms with Crippen LogP contribution in [-0.4, -0.2) is 10.5 Å². The molecule has 0 fully saturated rings. The van der Waals surface area contributed by atoms with E-state index in [1.807, 2.05) is 20.8 Å². The number of halogens is 1. The first-order chi connectivity index (χ1) is 8.46. The van der Waals surface area contributed by atoms with Crippen LogP contribution < -0.4 is 16.2 Å². The predicted molar refractivity (Wildman–Crippen MR) is 79.8 cm³/mol. The molecule has 0 amide bonds. The SMILES string of the molecule is CCC(C)(C)Nc1c(-c2cccnc2)c(=O)c1=O.Cl. The van der Waals surface area contributed by atoms with Gasteiger partial charge in [0, 0.05) is 23.5 Å². The van der Waals surface area contributed by atoms with Crippen molar-refractivity contribution in [3.05, 3.63) is 45.0 Å². The molecule has 1 aromatic heterocycles. The fourth-order valence-electron chi connectivity index (χ4n) is 1.72. The molecule has 102 valence electrons. The van der Waals surface area contributed by atoms with Crippen molar-refractivity contribution in [3.8, 4) is 11.1 Å². The normalized spacial score (nSPS) is 11.1. The highest BCUT2D eigenvalue weighted by Gasteiger charge is 2.26. The molecule has 0 aliphatic heterocycles. The predicted octanol–water partition coefficient (Wildman–Crippen LogP) is 2.37. The van der Waals surface area contributed by atoms with E-state index in [4.69, 9.17) is 0 Å². The monoisotopic (exact) mass is 280 g/mol. The molecule has 0 bridgehead atoms. The Morgan fingerprint density at radius 3 is 2.47 bits per heavy atom. The molecule has 0 saturated carbocycles. The van der Waals surface area contributed by atoms with E-state index in [0.29, 0.717) is 16.8 Å². The minimum atomic E-state index is -0.435. The number of pyridine rings is 1. The van der Waals surface area contributed by atoms with Gasteiger partial charge in [0.25, 0.3) is 0 Å². The van der Waals surface area contributed by atoms with Crippen LogP contribution >= 0.6 is 12.4 Å². The molecular weight excluding hydrogens is 264 g/mol. The van der Waals surface area contributed by atoms with Crippen LogP contribution in [0, 0.1) is 0 Å². The minimum Gasteiger partial charge on any atom is -0.376 e. The van der Waals surface area contributed by atoms with E-state index in [2.05, 4.69) is 10.3 Å². The highest BCUT2D eigenvalue weighted by atomic mass is 35.5. The molecule has 0 unspecified atom stereocenters. The molecule has 2 rings (SSSR count). The Morgan fingerprint density at radius 2 is 1.95 bits per heavy atom. The Bertz CT molecular complexity index is 628. The fraction of sp³-hybridized carbons (Fsp3) is 0.357. The lowest BCUT2D eigenvalue weighted by atomic mass is 9.95. The van der Waals surface area contributed by atoms with Crippen molar-refractivity contribution in [3.63, 3.8) is 0 Å². The Labute approximate surface area is 118 Å².